The van der Waals surface area contributed by atoms with Crippen molar-refractivity contribution in [1.29, 1.82) is 0 Å². The minimum atomic E-state index is -3.03. The van der Waals surface area contributed by atoms with E-state index in [9.17, 15) is 13.2 Å². The summed E-state index contributed by atoms with van der Waals surface area (Å²) in [6, 6.07) is 0. The molecular formula is C8H16O3S. The predicted octanol–water partition coefficient (Wildman–Crippen LogP) is 1.18. The summed E-state index contributed by atoms with van der Waals surface area (Å²) in [5.74, 6) is 0.115. The van der Waals surface area contributed by atoms with Crippen LogP contribution in [0.5, 0.6) is 0 Å². The maximum Gasteiger partial charge on any atom is 0.153 e. The van der Waals surface area contributed by atoms with Crippen LogP contribution in [0, 0.1) is 0 Å². The Bertz CT molecular complexity index is 241. The predicted molar refractivity (Wildman–Crippen MR) is 48.8 cm³/mol. The molecular weight excluding hydrogens is 176 g/mol. The Morgan fingerprint density at radius 1 is 1.42 bits per heavy atom. The van der Waals surface area contributed by atoms with E-state index in [4.69, 9.17) is 0 Å². The Hall–Kier alpha value is -0.380. The van der Waals surface area contributed by atoms with Crippen molar-refractivity contribution in [3.05, 3.63) is 0 Å². The molecule has 0 radical (unpaired) electrons. The van der Waals surface area contributed by atoms with Crippen molar-refractivity contribution in [1.82, 2.24) is 0 Å². The molecule has 0 aliphatic carbocycles. The SMILES string of the molecule is CCCS(=O)(=O)C(C)CC(C)=O. The highest BCUT2D eigenvalue weighted by atomic mass is 32.2. The van der Waals surface area contributed by atoms with Crippen LogP contribution in [-0.4, -0.2) is 25.2 Å². The van der Waals surface area contributed by atoms with E-state index >= 15 is 0 Å². The molecule has 0 aromatic carbocycles. The molecule has 0 bridgehead atoms. The maximum atomic E-state index is 11.3. The number of Topliss-reactive ketones (excluding diaryl/α,β-unsaturated/α-hetero) is 1. The Kier molecular flexibility index (Phi) is 4.45. The van der Waals surface area contributed by atoms with Crippen molar-refractivity contribution in [2.45, 2.75) is 38.9 Å². The molecule has 12 heavy (non-hydrogen) atoms. The number of rotatable bonds is 5. The first kappa shape index (κ1) is 11.6. The molecule has 0 aromatic heterocycles. The lowest BCUT2D eigenvalue weighted by atomic mass is 10.2. The quantitative estimate of drug-likeness (QED) is 0.657. The molecule has 0 saturated heterocycles. The third kappa shape index (κ3) is 3.85. The van der Waals surface area contributed by atoms with Crippen LogP contribution in [-0.2, 0) is 14.6 Å². The topological polar surface area (TPSA) is 51.2 Å². The summed E-state index contributed by atoms with van der Waals surface area (Å²) in [5.41, 5.74) is 0. The molecule has 3 nitrogen and oxygen atoms in total. The number of hydrogen-bond donors (Lipinski definition) is 0. The van der Waals surface area contributed by atoms with Crippen molar-refractivity contribution >= 4 is 15.6 Å². The van der Waals surface area contributed by atoms with Crippen molar-refractivity contribution in [3.63, 3.8) is 0 Å². The molecule has 0 saturated carbocycles. The third-order valence-electron chi connectivity index (χ3n) is 1.68. The Morgan fingerprint density at radius 2 is 1.92 bits per heavy atom. The van der Waals surface area contributed by atoms with Crippen LogP contribution in [0.3, 0.4) is 0 Å². The van der Waals surface area contributed by atoms with Gasteiger partial charge in [-0.15, -0.1) is 0 Å². The summed E-state index contributed by atoms with van der Waals surface area (Å²) in [6.07, 6.45) is 0.757. The number of hydrogen-bond acceptors (Lipinski definition) is 3. The number of carbonyl (C=O) groups is 1. The molecule has 0 aliphatic rings. The Labute approximate surface area is 74.1 Å². The van der Waals surface area contributed by atoms with Crippen molar-refractivity contribution < 1.29 is 13.2 Å². The second kappa shape index (κ2) is 4.60. The van der Waals surface area contributed by atoms with Crippen LogP contribution in [0.1, 0.15) is 33.6 Å². The van der Waals surface area contributed by atoms with Crippen LogP contribution in [0.4, 0.5) is 0 Å². The van der Waals surface area contributed by atoms with E-state index in [-0.39, 0.29) is 18.0 Å². The molecule has 1 atom stereocenters. The average molecular weight is 192 g/mol. The lowest BCUT2D eigenvalue weighted by Crippen LogP contribution is -2.22. The van der Waals surface area contributed by atoms with Gasteiger partial charge in [-0.2, -0.15) is 0 Å². The summed E-state index contributed by atoms with van der Waals surface area (Å²) in [4.78, 5) is 10.6. The fourth-order valence-corrected chi connectivity index (χ4v) is 2.48. The van der Waals surface area contributed by atoms with Gasteiger partial charge in [0, 0.05) is 6.42 Å². The van der Waals surface area contributed by atoms with Crippen molar-refractivity contribution in [2.24, 2.45) is 0 Å². The molecule has 72 valence electrons. The molecule has 0 amide bonds. The molecule has 0 aromatic rings. The van der Waals surface area contributed by atoms with Gasteiger partial charge in [-0.25, -0.2) is 8.42 Å². The van der Waals surface area contributed by atoms with Crippen LogP contribution in [0.2, 0.25) is 0 Å². The lowest BCUT2D eigenvalue weighted by Gasteiger charge is -2.09. The number of sulfone groups is 1. The Balaban J connectivity index is 4.26. The maximum absolute atomic E-state index is 11.3. The first-order chi connectivity index (χ1) is 5.40. The molecule has 0 heterocycles. The summed E-state index contributed by atoms with van der Waals surface area (Å²) in [5, 5.41) is -0.519. The zero-order valence-electron chi connectivity index (χ0n) is 7.83. The van der Waals surface area contributed by atoms with E-state index in [1.54, 1.807) is 6.92 Å². The normalized spacial score (nSPS) is 14.2. The van der Waals surface area contributed by atoms with Gasteiger partial charge in [0.2, 0.25) is 0 Å². The molecule has 1 unspecified atom stereocenters. The zero-order chi connectivity index (χ0) is 9.78. The summed E-state index contributed by atoms with van der Waals surface area (Å²) in [6.45, 7) is 4.82. The van der Waals surface area contributed by atoms with E-state index in [2.05, 4.69) is 0 Å². The minimum absolute atomic E-state index is 0.0674. The van der Waals surface area contributed by atoms with Crippen LogP contribution >= 0.6 is 0 Å². The van der Waals surface area contributed by atoms with E-state index < -0.39 is 15.1 Å². The average Bonchev–Trinajstić information content (AvgIpc) is 1.85. The van der Waals surface area contributed by atoms with Crippen LogP contribution in [0.25, 0.3) is 0 Å². The Morgan fingerprint density at radius 3 is 2.25 bits per heavy atom. The molecule has 0 rings (SSSR count). The van der Waals surface area contributed by atoms with Crippen molar-refractivity contribution in [3.8, 4) is 0 Å². The van der Waals surface area contributed by atoms with E-state index in [1.807, 2.05) is 6.92 Å². The molecule has 4 heteroatoms. The first-order valence-electron chi connectivity index (χ1n) is 4.11. The minimum Gasteiger partial charge on any atom is -0.300 e. The molecule has 0 N–H and O–H groups in total. The van der Waals surface area contributed by atoms with Gasteiger partial charge in [0.15, 0.2) is 9.84 Å². The second-order valence-corrected chi connectivity index (χ2v) is 5.62. The van der Waals surface area contributed by atoms with Crippen LogP contribution < -0.4 is 0 Å². The smallest absolute Gasteiger partial charge is 0.153 e. The largest absolute Gasteiger partial charge is 0.300 e. The standard InChI is InChI=1S/C8H16O3S/c1-4-5-12(10,11)8(3)6-7(2)9/h8H,4-6H2,1-3H3. The highest BCUT2D eigenvalue weighted by Crippen LogP contribution is 2.07. The zero-order valence-corrected chi connectivity index (χ0v) is 8.65. The molecule has 0 fully saturated rings. The molecule has 0 aliphatic heterocycles. The van der Waals surface area contributed by atoms with Gasteiger partial charge in [0.05, 0.1) is 11.0 Å². The summed E-state index contributed by atoms with van der Waals surface area (Å²) < 4.78 is 22.6. The molecule has 0 spiro atoms. The highest BCUT2D eigenvalue weighted by molar-refractivity contribution is 7.92. The monoisotopic (exact) mass is 192 g/mol. The second-order valence-electron chi connectivity index (χ2n) is 3.08. The van der Waals surface area contributed by atoms with E-state index in [0.29, 0.717) is 6.42 Å². The lowest BCUT2D eigenvalue weighted by molar-refractivity contribution is -0.116. The summed E-state index contributed by atoms with van der Waals surface area (Å²) >= 11 is 0. The van der Waals surface area contributed by atoms with Crippen molar-refractivity contribution in [2.75, 3.05) is 5.75 Å². The summed E-state index contributed by atoms with van der Waals surface area (Å²) in [7, 11) is -3.03. The van der Waals surface area contributed by atoms with Gasteiger partial charge in [-0.1, -0.05) is 6.92 Å². The first-order valence-corrected chi connectivity index (χ1v) is 5.82. The number of ketones is 1. The fraction of sp³-hybridized carbons (Fsp3) is 0.875. The van der Waals surface area contributed by atoms with E-state index in [0.717, 1.165) is 0 Å². The van der Waals surface area contributed by atoms with Gasteiger partial charge in [-0.3, -0.25) is 4.79 Å². The van der Waals surface area contributed by atoms with Gasteiger partial charge in [-0.05, 0) is 20.3 Å². The number of carbonyl (C=O) groups excluding carboxylic acids is 1. The van der Waals surface area contributed by atoms with Gasteiger partial charge < -0.3 is 0 Å². The van der Waals surface area contributed by atoms with E-state index in [1.165, 1.54) is 6.92 Å². The van der Waals surface area contributed by atoms with Crippen LogP contribution in [0.15, 0.2) is 0 Å². The highest BCUT2D eigenvalue weighted by Gasteiger charge is 2.20. The fourth-order valence-electron chi connectivity index (χ4n) is 1.02. The van der Waals surface area contributed by atoms with Gasteiger partial charge in [0.1, 0.15) is 5.78 Å². The third-order valence-corrected chi connectivity index (χ3v) is 4.05. The van der Waals surface area contributed by atoms with Gasteiger partial charge in [0.25, 0.3) is 0 Å². The van der Waals surface area contributed by atoms with Gasteiger partial charge >= 0.3 is 0 Å².